The van der Waals surface area contributed by atoms with Crippen molar-refractivity contribution in [1.29, 1.82) is 0 Å². The lowest BCUT2D eigenvalue weighted by atomic mass is 9.91. The molecule has 0 saturated heterocycles. The van der Waals surface area contributed by atoms with Crippen molar-refractivity contribution in [2.45, 2.75) is 32.7 Å². The molecule has 0 radical (unpaired) electrons. The van der Waals surface area contributed by atoms with Gasteiger partial charge in [-0.1, -0.05) is 38.4 Å². The van der Waals surface area contributed by atoms with Crippen LogP contribution in [0.15, 0.2) is 41.2 Å². The minimum absolute atomic E-state index is 0.00711. The van der Waals surface area contributed by atoms with E-state index in [4.69, 9.17) is 11.6 Å². The summed E-state index contributed by atoms with van der Waals surface area (Å²) in [5, 5.41) is 25.0. The highest BCUT2D eigenvalue weighted by molar-refractivity contribution is 7.92. The Labute approximate surface area is 218 Å². The molecule has 1 aliphatic heterocycles. The third kappa shape index (κ3) is 5.33. The molecule has 37 heavy (non-hydrogen) atoms. The molecular formula is C23H25ClFN4O6PS. The largest absolute Gasteiger partial charge is 0.505 e. The molecule has 1 atom stereocenters. The van der Waals surface area contributed by atoms with Gasteiger partial charge in [0.2, 0.25) is 15.9 Å². The van der Waals surface area contributed by atoms with E-state index in [1.165, 1.54) is 41.0 Å². The third-order valence-corrected chi connectivity index (χ3v) is 7.95. The van der Waals surface area contributed by atoms with E-state index < -0.39 is 34.7 Å². The highest BCUT2D eigenvalue weighted by atomic mass is 35.5. The molecule has 10 nitrogen and oxygen atoms in total. The fourth-order valence-corrected chi connectivity index (χ4v) is 6.19. The van der Waals surface area contributed by atoms with Crippen molar-refractivity contribution >= 4 is 51.7 Å². The molecular weight excluding hydrogens is 546 g/mol. The van der Waals surface area contributed by atoms with E-state index in [0.717, 1.165) is 6.26 Å². The molecule has 3 aromatic rings. The van der Waals surface area contributed by atoms with E-state index in [1.54, 1.807) is 20.8 Å². The Morgan fingerprint density at radius 1 is 1.19 bits per heavy atom. The van der Waals surface area contributed by atoms with Crippen LogP contribution in [-0.2, 0) is 26.5 Å². The first-order valence-electron chi connectivity index (χ1n) is 10.9. The van der Waals surface area contributed by atoms with Crippen LogP contribution in [0.3, 0.4) is 0 Å². The second-order valence-corrected chi connectivity index (χ2v) is 13.6. The van der Waals surface area contributed by atoms with Gasteiger partial charge in [0.05, 0.1) is 34.5 Å². The second kappa shape index (κ2) is 9.05. The zero-order chi connectivity index (χ0) is 27.5. The molecule has 1 aliphatic rings. The fourth-order valence-electron chi connectivity index (χ4n) is 4.16. The van der Waals surface area contributed by atoms with Crippen LogP contribution in [0.2, 0.25) is 5.02 Å². The van der Waals surface area contributed by atoms with Gasteiger partial charge in [0, 0.05) is 11.1 Å². The maximum absolute atomic E-state index is 13.7. The average molecular weight is 571 g/mol. The first-order chi connectivity index (χ1) is 17.0. The van der Waals surface area contributed by atoms with E-state index >= 15 is 0 Å². The summed E-state index contributed by atoms with van der Waals surface area (Å²) < 4.78 is 57.5. The maximum Gasteiger partial charge on any atom is 0.346 e. The lowest BCUT2D eigenvalue weighted by molar-refractivity contribution is 0.401. The summed E-state index contributed by atoms with van der Waals surface area (Å²) in [5.74, 6) is -1.65. The van der Waals surface area contributed by atoms with Gasteiger partial charge in [-0.3, -0.25) is 9.29 Å². The van der Waals surface area contributed by atoms with Gasteiger partial charge in [0.25, 0.3) is 0 Å². The average Bonchev–Trinajstić information content (AvgIpc) is 2.99. The zero-order valence-corrected chi connectivity index (χ0v) is 22.7. The molecule has 0 spiro atoms. The number of rotatable bonds is 5. The Kier molecular flexibility index (Phi) is 6.61. The predicted molar refractivity (Wildman–Crippen MR) is 142 cm³/mol. The Morgan fingerprint density at radius 2 is 1.86 bits per heavy atom. The molecule has 2 heterocycles. The van der Waals surface area contributed by atoms with E-state index in [1.807, 2.05) is 0 Å². The number of amidine groups is 1. The number of benzene rings is 2. The molecule has 2 aromatic carbocycles. The molecule has 0 aliphatic carbocycles. The highest BCUT2D eigenvalue weighted by Crippen LogP contribution is 2.50. The maximum atomic E-state index is 13.7. The van der Waals surface area contributed by atoms with E-state index in [9.17, 15) is 32.5 Å². The monoisotopic (exact) mass is 570 g/mol. The van der Waals surface area contributed by atoms with Gasteiger partial charge < -0.3 is 25.0 Å². The molecule has 0 bridgehead atoms. The fraction of sp³-hybridized carbons (Fsp3) is 0.261. The Balaban J connectivity index is 1.83. The minimum Gasteiger partial charge on any atom is -0.505 e. The minimum atomic E-state index is -4.46. The molecule has 0 saturated carbocycles. The number of sulfonamides is 1. The molecule has 1 aromatic heterocycles. The van der Waals surface area contributed by atoms with Crippen molar-refractivity contribution < 1.29 is 32.5 Å². The highest BCUT2D eigenvalue weighted by Gasteiger charge is 2.37. The van der Waals surface area contributed by atoms with E-state index in [-0.39, 0.29) is 45.4 Å². The number of anilines is 2. The Morgan fingerprint density at radius 3 is 2.46 bits per heavy atom. The number of nitrogens with one attached hydrogen (secondary N) is 2. The number of halogens is 2. The molecule has 0 fully saturated rings. The van der Waals surface area contributed by atoms with Gasteiger partial charge >= 0.3 is 7.52 Å². The van der Waals surface area contributed by atoms with Crippen LogP contribution in [-0.4, -0.2) is 40.2 Å². The summed E-state index contributed by atoms with van der Waals surface area (Å²) in [4.78, 5) is 10.7. The van der Waals surface area contributed by atoms with Gasteiger partial charge in [-0.25, -0.2) is 12.8 Å². The van der Waals surface area contributed by atoms with Gasteiger partial charge in [-0.15, -0.1) is 0 Å². The number of nitrogens with zero attached hydrogens (tertiary/aromatic N) is 2. The van der Waals surface area contributed by atoms with Crippen LogP contribution in [0.25, 0.3) is 0 Å². The van der Waals surface area contributed by atoms with Crippen LogP contribution in [0.5, 0.6) is 11.6 Å². The van der Waals surface area contributed by atoms with Crippen molar-refractivity contribution in [3.05, 3.63) is 64.1 Å². The number of fused-ring (bicyclic) bond motifs is 1. The van der Waals surface area contributed by atoms with Crippen LogP contribution in [0, 0.1) is 5.82 Å². The van der Waals surface area contributed by atoms with Crippen LogP contribution in [0.1, 0.15) is 37.6 Å². The SMILES string of the molecule is CC(C)(C)c1c(O)c(C2=NP(=O)(O)c3cc(NS(C)(=O)=O)ccc3N2)c(O)n1Cc1ccc(F)c(Cl)c1. The first-order valence-corrected chi connectivity index (χ1v) is 14.8. The van der Waals surface area contributed by atoms with Gasteiger partial charge in [-0.05, 0) is 35.9 Å². The second-order valence-electron chi connectivity index (χ2n) is 9.70. The summed E-state index contributed by atoms with van der Waals surface area (Å²) >= 11 is 5.91. The van der Waals surface area contributed by atoms with Gasteiger partial charge in [0.15, 0.2) is 11.6 Å². The van der Waals surface area contributed by atoms with Gasteiger partial charge in [0.1, 0.15) is 11.4 Å². The summed E-state index contributed by atoms with van der Waals surface area (Å²) in [5.41, 5.74) is 0.153. The molecule has 0 amide bonds. The molecule has 5 N–H and O–H groups in total. The lowest BCUT2D eigenvalue weighted by Gasteiger charge is -2.23. The Hall–Kier alpha value is -3.05. The van der Waals surface area contributed by atoms with Crippen molar-refractivity contribution in [3.8, 4) is 11.6 Å². The molecule has 14 heteroatoms. The van der Waals surface area contributed by atoms with Crippen LogP contribution in [0.4, 0.5) is 15.8 Å². The smallest absolute Gasteiger partial charge is 0.346 e. The van der Waals surface area contributed by atoms with Crippen LogP contribution < -0.4 is 15.3 Å². The summed E-state index contributed by atoms with van der Waals surface area (Å²) in [6, 6.07) is 8.04. The van der Waals surface area contributed by atoms with E-state index in [2.05, 4.69) is 14.8 Å². The topological polar surface area (TPSA) is 153 Å². The normalized spacial score (nSPS) is 17.6. The number of aromatic hydroxyl groups is 2. The first kappa shape index (κ1) is 27.0. The van der Waals surface area contributed by atoms with Crippen molar-refractivity contribution in [3.63, 3.8) is 0 Å². The van der Waals surface area contributed by atoms with E-state index in [0.29, 0.717) is 11.3 Å². The van der Waals surface area contributed by atoms with Crippen LogP contribution >= 0.6 is 19.1 Å². The zero-order valence-electron chi connectivity index (χ0n) is 20.2. The van der Waals surface area contributed by atoms with Crippen molar-refractivity contribution in [1.82, 2.24) is 4.57 Å². The number of hydrogen-bond acceptors (Lipinski definition) is 6. The standard InChI is InChI=1S/C23H25ClFN4O6PS/c1-23(2,3)20-19(30)18(22(31)29(20)11-12-5-7-15(25)14(24)9-12)21-26-16-8-6-13(28-37(4,34)35)10-17(16)36(32,33)27-21/h5-10,28,30-31H,11H2,1-4H3,(H2,26,27,32,33). The third-order valence-electron chi connectivity index (χ3n) is 5.59. The predicted octanol–water partition coefficient (Wildman–Crippen LogP) is 4.09. The van der Waals surface area contributed by atoms with Gasteiger partial charge in [-0.2, -0.15) is 4.76 Å². The summed E-state index contributed by atoms with van der Waals surface area (Å²) in [7, 11) is -8.08. The van der Waals surface area contributed by atoms with Crippen molar-refractivity contribution in [2.75, 3.05) is 16.3 Å². The molecule has 1 unspecified atom stereocenters. The van der Waals surface area contributed by atoms with Crippen molar-refractivity contribution in [2.24, 2.45) is 4.76 Å². The summed E-state index contributed by atoms with van der Waals surface area (Å²) in [6.07, 6.45) is 0.947. The number of aromatic nitrogens is 1. The number of hydrogen-bond donors (Lipinski definition) is 5. The molecule has 4 rings (SSSR count). The molecule has 198 valence electrons. The lowest BCUT2D eigenvalue weighted by Crippen LogP contribution is -2.25. The quantitative estimate of drug-likeness (QED) is 0.290. The summed E-state index contributed by atoms with van der Waals surface area (Å²) in [6.45, 7) is 5.42. The Bertz CT molecular complexity index is 1610.